The first kappa shape index (κ1) is 32.4. The second-order valence-electron chi connectivity index (χ2n) is 13.3. The number of nitrogens with one attached hydrogen (secondary N) is 3. The van der Waals surface area contributed by atoms with Gasteiger partial charge in [0.2, 0.25) is 0 Å². The van der Waals surface area contributed by atoms with Crippen molar-refractivity contribution in [1.82, 2.24) is 33.8 Å². The Hall–Kier alpha value is -4.52. The number of rotatable bonds is 13. The number of benzene rings is 3. The van der Waals surface area contributed by atoms with Crippen LogP contribution >= 0.6 is 0 Å². The fourth-order valence-corrected chi connectivity index (χ4v) is 6.72. The van der Waals surface area contributed by atoms with Gasteiger partial charge in [-0.1, -0.05) is 12.1 Å². The van der Waals surface area contributed by atoms with Crippen molar-refractivity contribution in [2.45, 2.75) is 32.4 Å². The molecule has 0 bridgehead atoms. The van der Waals surface area contributed by atoms with E-state index in [1.165, 1.54) is 9.13 Å². The summed E-state index contributed by atoms with van der Waals surface area (Å²) >= 11 is 0. The molecule has 0 atom stereocenters. The maximum Gasteiger partial charge on any atom is 0.263 e. The van der Waals surface area contributed by atoms with E-state index in [1.807, 2.05) is 76.4 Å². The first-order valence-electron chi connectivity index (χ1n) is 16.2. The number of hydrogen-bond acceptors (Lipinski definition) is 8. The van der Waals surface area contributed by atoms with Crippen LogP contribution in [0, 0.1) is 0 Å². The summed E-state index contributed by atoms with van der Waals surface area (Å²) < 4.78 is 2.62. The number of aromatic amines is 2. The molecule has 3 N–H and O–H groups in total. The van der Waals surface area contributed by atoms with Gasteiger partial charge in [0, 0.05) is 36.1 Å². The van der Waals surface area contributed by atoms with Crippen LogP contribution in [0.1, 0.15) is 19.3 Å². The van der Waals surface area contributed by atoms with Crippen molar-refractivity contribution in [2.75, 3.05) is 73.8 Å². The molecule has 12 heteroatoms. The van der Waals surface area contributed by atoms with E-state index in [2.05, 4.69) is 20.2 Å². The van der Waals surface area contributed by atoms with Crippen LogP contribution in [0.4, 0.5) is 5.69 Å². The zero-order valence-corrected chi connectivity index (χ0v) is 28.1. The molecule has 12 nitrogen and oxygen atoms in total. The first-order chi connectivity index (χ1) is 22.5. The molecule has 6 aromatic rings. The number of nitrogens with zero attached hydrogens (tertiary/aromatic N) is 5. The summed E-state index contributed by atoms with van der Waals surface area (Å²) in [6.45, 7) is 3.26. The van der Waals surface area contributed by atoms with Gasteiger partial charge in [-0.05, 0) is 99.4 Å². The van der Waals surface area contributed by atoms with Gasteiger partial charge in [0.05, 0.1) is 43.6 Å². The number of fused-ring (bicyclic) bond motifs is 4. The third kappa shape index (κ3) is 5.81. The quantitative estimate of drug-likeness (QED) is 0.0999. The van der Waals surface area contributed by atoms with E-state index in [1.54, 1.807) is 6.07 Å². The average molecular weight is 641 g/mol. The first-order valence-corrected chi connectivity index (χ1v) is 16.2. The molecule has 3 aromatic carbocycles. The van der Waals surface area contributed by atoms with Crippen LogP contribution in [-0.4, -0.2) is 102 Å². The summed E-state index contributed by atoms with van der Waals surface area (Å²) in [5.41, 5.74) is 1.13. The Kier molecular flexibility index (Phi) is 8.93. The van der Waals surface area contributed by atoms with Crippen molar-refractivity contribution in [1.29, 1.82) is 0 Å². The van der Waals surface area contributed by atoms with Crippen molar-refractivity contribution in [3.05, 3.63) is 71.7 Å². The van der Waals surface area contributed by atoms with Gasteiger partial charge in [0.25, 0.3) is 22.2 Å². The summed E-state index contributed by atoms with van der Waals surface area (Å²) in [6, 6.07) is 9.30. The third-order valence-electron chi connectivity index (χ3n) is 8.95. The van der Waals surface area contributed by atoms with Crippen LogP contribution in [0.3, 0.4) is 0 Å². The van der Waals surface area contributed by atoms with E-state index < -0.39 is 22.2 Å². The van der Waals surface area contributed by atoms with Gasteiger partial charge in [-0.2, -0.15) is 0 Å². The van der Waals surface area contributed by atoms with Crippen molar-refractivity contribution >= 4 is 60.1 Å². The van der Waals surface area contributed by atoms with E-state index in [4.69, 9.17) is 0 Å². The molecule has 0 spiro atoms. The Morgan fingerprint density at radius 3 is 1.60 bits per heavy atom. The van der Waals surface area contributed by atoms with Crippen molar-refractivity contribution in [2.24, 2.45) is 0 Å². The van der Waals surface area contributed by atoms with E-state index in [9.17, 15) is 19.2 Å². The molecule has 6 rings (SSSR count). The highest BCUT2D eigenvalue weighted by Crippen LogP contribution is 2.38. The van der Waals surface area contributed by atoms with E-state index in [0.29, 0.717) is 81.5 Å². The number of aromatic nitrogens is 4. The van der Waals surface area contributed by atoms with E-state index in [0.717, 1.165) is 24.0 Å². The summed E-state index contributed by atoms with van der Waals surface area (Å²) in [5.74, 6) is 0. The van der Waals surface area contributed by atoms with Crippen molar-refractivity contribution in [3.8, 4) is 0 Å². The van der Waals surface area contributed by atoms with Gasteiger partial charge in [-0.15, -0.1) is 0 Å². The largest absolute Gasteiger partial charge is 0.384 e. The Labute approximate surface area is 271 Å². The maximum absolute atomic E-state index is 14.5. The molecule has 0 radical (unpaired) electrons. The Balaban J connectivity index is 1.79. The molecule has 0 amide bonds. The highest BCUT2D eigenvalue weighted by Gasteiger charge is 2.27. The van der Waals surface area contributed by atoms with Crippen LogP contribution in [0.5, 0.6) is 0 Å². The lowest BCUT2D eigenvalue weighted by Gasteiger charge is -2.20. The van der Waals surface area contributed by atoms with E-state index in [-0.39, 0.29) is 13.1 Å². The fraction of sp³-hybridized carbons (Fsp3) is 0.429. The molecule has 47 heavy (non-hydrogen) atoms. The number of H-pyrrole nitrogens is 2. The number of para-hydroxylation sites is 2. The normalized spacial score (nSPS) is 12.4. The summed E-state index contributed by atoms with van der Waals surface area (Å²) in [5, 5.41) is 5.37. The van der Waals surface area contributed by atoms with Gasteiger partial charge < -0.3 is 30.0 Å². The highest BCUT2D eigenvalue weighted by molar-refractivity contribution is 6.33. The predicted molar refractivity (Wildman–Crippen MR) is 193 cm³/mol. The fourth-order valence-electron chi connectivity index (χ4n) is 6.72. The minimum atomic E-state index is -0.443. The molecule has 0 unspecified atom stereocenters. The lowest BCUT2D eigenvalue weighted by molar-refractivity contribution is 0.384. The standard InChI is InChI=1S/C35H44N8O4/c1-39(2)15-9-14-36-24-20-21-25-27-26(24)33(45)43(19-11-17-41(5)6)35(47)29(27)31-30(37-22-12-7-8-13-23(22)38-31)28(25)34(46)42(32(21)44)18-10-16-40(3)4/h7-8,12-13,20,36-38H,9-11,14-19H2,1-6H3. The van der Waals surface area contributed by atoms with Crippen LogP contribution in [0.2, 0.25) is 0 Å². The topological polar surface area (TPSA) is 131 Å². The van der Waals surface area contributed by atoms with Gasteiger partial charge in [-0.3, -0.25) is 28.3 Å². The number of hydrogen-bond donors (Lipinski definition) is 3. The van der Waals surface area contributed by atoms with E-state index >= 15 is 0 Å². The third-order valence-corrected chi connectivity index (χ3v) is 8.95. The Morgan fingerprint density at radius 2 is 1.06 bits per heavy atom. The maximum atomic E-state index is 14.5. The molecule has 3 aromatic heterocycles. The second kappa shape index (κ2) is 12.9. The second-order valence-corrected chi connectivity index (χ2v) is 13.3. The van der Waals surface area contributed by atoms with Gasteiger partial charge in [-0.25, -0.2) is 0 Å². The van der Waals surface area contributed by atoms with Crippen LogP contribution in [-0.2, 0) is 13.1 Å². The summed E-state index contributed by atoms with van der Waals surface area (Å²) in [4.78, 5) is 70.5. The average Bonchev–Trinajstić information content (AvgIpc) is 3.02. The lowest BCUT2D eigenvalue weighted by Crippen LogP contribution is -2.37. The summed E-state index contributed by atoms with van der Waals surface area (Å²) in [6.07, 6.45) is 2.00. The van der Waals surface area contributed by atoms with Crippen molar-refractivity contribution < 1.29 is 0 Å². The molecule has 0 aliphatic rings. The zero-order valence-electron chi connectivity index (χ0n) is 28.1. The molecule has 0 aliphatic carbocycles. The number of anilines is 1. The lowest BCUT2D eigenvalue weighted by atomic mass is 9.93. The van der Waals surface area contributed by atoms with Gasteiger partial charge in [0.15, 0.2) is 0 Å². The molecule has 0 saturated heterocycles. The Morgan fingerprint density at radius 1 is 0.596 bits per heavy atom. The van der Waals surface area contributed by atoms with Crippen LogP contribution in [0.25, 0.3) is 54.4 Å². The predicted octanol–water partition coefficient (Wildman–Crippen LogP) is 2.86. The molecule has 0 saturated carbocycles. The molecule has 0 aliphatic heterocycles. The molecule has 248 valence electrons. The molecular formula is C35H44N8O4. The van der Waals surface area contributed by atoms with Crippen molar-refractivity contribution in [3.63, 3.8) is 0 Å². The summed E-state index contributed by atoms with van der Waals surface area (Å²) in [7, 11) is 11.8. The molecule has 0 fully saturated rings. The van der Waals surface area contributed by atoms with Gasteiger partial charge >= 0.3 is 0 Å². The smallest absolute Gasteiger partial charge is 0.263 e. The zero-order chi connectivity index (χ0) is 33.6. The monoisotopic (exact) mass is 640 g/mol. The van der Waals surface area contributed by atoms with Crippen LogP contribution < -0.4 is 27.6 Å². The molecular weight excluding hydrogens is 596 g/mol. The number of pyridine rings is 2. The minimum absolute atomic E-state index is 0.233. The van der Waals surface area contributed by atoms with Crippen LogP contribution in [0.15, 0.2) is 49.5 Å². The minimum Gasteiger partial charge on any atom is -0.384 e. The van der Waals surface area contributed by atoms with Gasteiger partial charge in [0.1, 0.15) is 0 Å². The Bertz CT molecular complexity index is 2350. The highest BCUT2D eigenvalue weighted by atomic mass is 16.2. The SMILES string of the molecule is CN(C)CCCNc1cc2c(=O)n(CCCN(C)C)c(=O)c3c4[nH]c5ccccc5[nH]c4c4c(=O)n(CCCN(C)C)c(=O)c1c4c23. The molecule has 3 heterocycles.